The Morgan fingerprint density at radius 2 is 1.92 bits per heavy atom. The van der Waals surface area contributed by atoms with Gasteiger partial charge < -0.3 is 0 Å². The Labute approximate surface area is 75.6 Å². The minimum absolute atomic E-state index is 0.0854. The van der Waals surface area contributed by atoms with Crippen LogP contribution in [0.25, 0.3) is 0 Å². The van der Waals surface area contributed by atoms with E-state index in [1.165, 1.54) is 0 Å². The number of nitrogens with zero attached hydrogens (tertiary/aromatic N) is 2. The van der Waals surface area contributed by atoms with E-state index in [2.05, 4.69) is 9.98 Å². The van der Waals surface area contributed by atoms with Crippen LogP contribution in [0.2, 0.25) is 5.02 Å². The zero-order valence-corrected chi connectivity index (χ0v) is 7.07. The lowest BCUT2D eigenvalue weighted by Gasteiger charge is -2.02. The van der Waals surface area contributed by atoms with Gasteiger partial charge in [-0.05, 0) is 17.7 Å². The van der Waals surface area contributed by atoms with E-state index in [0.29, 0.717) is 0 Å². The molecule has 1 heterocycles. The van der Waals surface area contributed by atoms with Gasteiger partial charge >= 0.3 is 0 Å². The molecule has 1 unspecified atom stereocenters. The first kappa shape index (κ1) is 7.50. The minimum atomic E-state index is 0.0854. The summed E-state index contributed by atoms with van der Waals surface area (Å²) in [6.45, 7) is 0. The molecule has 0 fully saturated rings. The summed E-state index contributed by atoms with van der Waals surface area (Å²) < 4.78 is 0. The predicted molar refractivity (Wildman–Crippen MR) is 51.2 cm³/mol. The second-order valence-corrected chi connectivity index (χ2v) is 3.00. The summed E-state index contributed by atoms with van der Waals surface area (Å²) in [6.07, 6.45) is 3.38. The van der Waals surface area contributed by atoms with Crippen LogP contribution in [0.15, 0.2) is 34.3 Å². The van der Waals surface area contributed by atoms with Crippen molar-refractivity contribution >= 4 is 24.2 Å². The van der Waals surface area contributed by atoms with Gasteiger partial charge in [0.1, 0.15) is 12.4 Å². The second-order valence-electron chi connectivity index (χ2n) is 2.56. The third-order valence-corrected chi connectivity index (χ3v) is 1.98. The zero-order chi connectivity index (χ0) is 8.39. The van der Waals surface area contributed by atoms with Crippen LogP contribution in [0.5, 0.6) is 0 Å². The van der Waals surface area contributed by atoms with E-state index in [9.17, 15) is 0 Å². The van der Waals surface area contributed by atoms with Crippen molar-refractivity contribution in [1.29, 1.82) is 0 Å². The van der Waals surface area contributed by atoms with Crippen LogP contribution in [0.3, 0.4) is 0 Å². The molecule has 0 aromatic heterocycles. The summed E-state index contributed by atoms with van der Waals surface area (Å²) in [4.78, 5) is 8.06. The normalized spacial score (nSPS) is 20.2. The monoisotopic (exact) mass is 178 g/mol. The van der Waals surface area contributed by atoms with Gasteiger partial charge in [0.25, 0.3) is 0 Å². The van der Waals surface area contributed by atoms with E-state index >= 15 is 0 Å². The third-order valence-electron chi connectivity index (χ3n) is 1.73. The molecule has 0 N–H and O–H groups in total. The van der Waals surface area contributed by atoms with Crippen LogP contribution in [0.1, 0.15) is 11.6 Å². The first-order chi connectivity index (χ1) is 5.86. The molecule has 1 aromatic carbocycles. The highest BCUT2D eigenvalue weighted by Crippen LogP contribution is 2.19. The smallest absolute Gasteiger partial charge is 0.112 e. The molecule has 1 aliphatic heterocycles. The summed E-state index contributed by atoms with van der Waals surface area (Å²) in [6, 6.07) is 7.72. The van der Waals surface area contributed by atoms with Crippen LogP contribution in [-0.2, 0) is 0 Å². The number of rotatable bonds is 1. The largest absolute Gasteiger partial charge is 0.260 e. The minimum Gasteiger partial charge on any atom is -0.260 e. The first-order valence-corrected chi connectivity index (χ1v) is 4.04. The molecule has 2 rings (SSSR count). The van der Waals surface area contributed by atoms with E-state index in [1.807, 2.05) is 30.5 Å². The predicted octanol–water partition coefficient (Wildman–Crippen LogP) is 2.49. The van der Waals surface area contributed by atoms with Crippen LogP contribution >= 0.6 is 11.6 Å². The van der Waals surface area contributed by atoms with Crippen LogP contribution in [0.4, 0.5) is 0 Å². The lowest BCUT2D eigenvalue weighted by molar-refractivity contribution is 1.01. The van der Waals surface area contributed by atoms with Crippen molar-refractivity contribution in [3.63, 3.8) is 0 Å². The number of hydrogen-bond acceptors (Lipinski definition) is 2. The SMILES string of the molecule is Clc1ccc(C2C=NC=N2)cc1. The average Bonchev–Trinajstić information content (AvgIpc) is 2.58. The maximum absolute atomic E-state index is 5.75. The highest BCUT2D eigenvalue weighted by Gasteiger charge is 2.07. The Bertz CT molecular complexity index is 315. The van der Waals surface area contributed by atoms with Crippen LogP contribution in [0, 0.1) is 0 Å². The lowest BCUT2D eigenvalue weighted by Crippen LogP contribution is -1.91. The van der Waals surface area contributed by atoms with Crippen LogP contribution in [-0.4, -0.2) is 12.6 Å². The maximum atomic E-state index is 5.75. The van der Waals surface area contributed by atoms with E-state index in [0.717, 1.165) is 10.6 Å². The molecule has 0 amide bonds. The van der Waals surface area contributed by atoms with E-state index in [4.69, 9.17) is 11.6 Å². The highest BCUT2D eigenvalue weighted by atomic mass is 35.5. The first-order valence-electron chi connectivity index (χ1n) is 3.67. The van der Waals surface area contributed by atoms with Gasteiger partial charge in [-0.15, -0.1) is 0 Å². The number of benzene rings is 1. The highest BCUT2D eigenvalue weighted by molar-refractivity contribution is 6.30. The van der Waals surface area contributed by atoms with Crippen molar-refractivity contribution < 1.29 is 0 Å². The fraction of sp³-hybridized carbons (Fsp3) is 0.111. The van der Waals surface area contributed by atoms with E-state index in [-0.39, 0.29) is 6.04 Å². The Morgan fingerprint density at radius 3 is 2.50 bits per heavy atom. The Morgan fingerprint density at radius 1 is 1.17 bits per heavy atom. The summed E-state index contributed by atoms with van der Waals surface area (Å²) in [5.41, 5.74) is 1.12. The summed E-state index contributed by atoms with van der Waals surface area (Å²) in [5, 5.41) is 0.748. The topological polar surface area (TPSA) is 24.7 Å². The third kappa shape index (κ3) is 1.38. The fourth-order valence-corrected chi connectivity index (χ4v) is 1.23. The molecule has 12 heavy (non-hydrogen) atoms. The summed E-state index contributed by atoms with van der Waals surface area (Å²) in [5.74, 6) is 0. The number of halogens is 1. The van der Waals surface area contributed by atoms with Crippen molar-refractivity contribution in [1.82, 2.24) is 0 Å². The van der Waals surface area contributed by atoms with Gasteiger partial charge in [-0.1, -0.05) is 23.7 Å². The molecule has 0 spiro atoms. The average molecular weight is 179 g/mol. The molecule has 0 saturated carbocycles. The summed E-state index contributed by atoms with van der Waals surface area (Å²) >= 11 is 5.75. The Kier molecular flexibility index (Phi) is 1.92. The molecule has 0 saturated heterocycles. The van der Waals surface area contributed by atoms with Gasteiger partial charge in [-0.2, -0.15) is 0 Å². The molecule has 0 bridgehead atoms. The van der Waals surface area contributed by atoms with Gasteiger partial charge in [0, 0.05) is 11.2 Å². The Balaban J connectivity index is 2.29. The second kappa shape index (κ2) is 3.07. The van der Waals surface area contributed by atoms with Gasteiger partial charge in [0.05, 0.1) is 0 Å². The molecule has 60 valence electrons. The standard InChI is InChI=1S/C9H7ClN2/c10-8-3-1-7(2-4-8)9-5-11-6-12-9/h1-6,9H. The molecule has 2 nitrogen and oxygen atoms in total. The van der Waals surface area contributed by atoms with Crippen LogP contribution < -0.4 is 0 Å². The van der Waals surface area contributed by atoms with Crippen molar-refractivity contribution in [2.45, 2.75) is 6.04 Å². The molecule has 1 atom stereocenters. The number of aliphatic imine (C=N–C) groups is 2. The summed E-state index contributed by atoms with van der Waals surface area (Å²) in [7, 11) is 0. The van der Waals surface area contributed by atoms with Gasteiger partial charge in [0.2, 0.25) is 0 Å². The zero-order valence-electron chi connectivity index (χ0n) is 6.31. The molecule has 3 heteroatoms. The fourth-order valence-electron chi connectivity index (χ4n) is 1.10. The van der Waals surface area contributed by atoms with Crippen molar-refractivity contribution in [2.24, 2.45) is 9.98 Å². The maximum Gasteiger partial charge on any atom is 0.112 e. The quantitative estimate of drug-likeness (QED) is 0.631. The van der Waals surface area contributed by atoms with Crippen molar-refractivity contribution in [3.05, 3.63) is 34.9 Å². The number of hydrogen-bond donors (Lipinski definition) is 0. The van der Waals surface area contributed by atoms with Crippen molar-refractivity contribution in [2.75, 3.05) is 0 Å². The lowest BCUT2D eigenvalue weighted by atomic mass is 10.1. The van der Waals surface area contributed by atoms with E-state index < -0.39 is 0 Å². The Hall–Kier alpha value is -1.15. The van der Waals surface area contributed by atoms with E-state index in [1.54, 1.807) is 6.34 Å². The molecule has 0 aliphatic carbocycles. The molecular formula is C9H7ClN2. The molecule has 1 aliphatic rings. The van der Waals surface area contributed by atoms with Gasteiger partial charge in [0.15, 0.2) is 0 Å². The molecular weight excluding hydrogens is 172 g/mol. The molecule has 1 aromatic rings. The van der Waals surface area contributed by atoms with Crippen molar-refractivity contribution in [3.8, 4) is 0 Å². The van der Waals surface area contributed by atoms with Gasteiger partial charge in [-0.3, -0.25) is 4.99 Å². The van der Waals surface area contributed by atoms with Gasteiger partial charge in [-0.25, -0.2) is 4.99 Å². The molecule has 0 radical (unpaired) electrons.